The molecule has 0 aliphatic rings. The second kappa shape index (κ2) is 5.34. The van der Waals surface area contributed by atoms with Crippen molar-refractivity contribution in [2.45, 2.75) is 53.5 Å². The largest absolute Gasteiger partial charge is 0.481 e. The molecule has 1 rings (SSSR count). The minimum Gasteiger partial charge on any atom is -0.481 e. The first-order valence-corrected chi connectivity index (χ1v) is 6.11. The zero-order chi connectivity index (χ0) is 13.2. The summed E-state index contributed by atoms with van der Waals surface area (Å²) in [4.78, 5) is 11.0. The summed E-state index contributed by atoms with van der Waals surface area (Å²) in [7, 11) is 0. The van der Waals surface area contributed by atoms with Crippen molar-refractivity contribution in [3.05, 3.63) is 17.0 Å². The normalized spacial score (nSPS) is 13.1. The minimum absolute atomic E-state index is 0.484. The van der Waals surface area contributed by atoms with Crippen LogP contribution in [-0.2, 0) is 11.3 Å². The molecule has 0 bridgehead atoms. The van der Waals surface area contributed by atoms with Gasteiger partial charge in [0, 0.05) is 17.8 Å². The van der Waals surface area contributed by atoms with Crippen LogP contribution in [0.3, 0.4) is 0 Å². The highest BCUT2D eigenvalue weighted by molar-refractivity contribution is 5.76. The molecular weight excluding hydrogens is 216 g/mol. The van der Waals surface area contributed by atoms with Crippen LogP contribution in [0, 0.1) is 19.8 Å². The standard InChI is InChI=1S/C13H22N2O2/c1-8(2)6-7-15-11(5)12(10(4)14-15)9(3)13(16)17/h8-9H,6-7H2,1-5H3,(H,16,17). The van der Waals surface area contributed by atoms with Crippen LogP contribution in [0.4, 0.5) is 0 Å². The number of hydrogen-bond donors (Lipinski definition) is 1. The topological polar surface area (TPSA) is 55.1 Å². The molecule has 1 unspecified atom stereocenters. The fourth-order valence-corrected chi connectivity index (χ4v) is 2.06. The Labute approximate surface area is 103 Å². The maximum atomic E-state index is 11.0. The van der Waals surface area contributed by atoms with E-state index >= 15 is 0 Å². The van der Waals surface area contributed by atoms with Crippen molar-refractivity contribution in [1.82, 2.24) is 9.78 Å². The van der Waals surface area contributed by atoms with Crippen molar-refractivity contribution in [2.75, 3.05) is 0 Å². The molecule has 1 aromatic rings. The van der Waals surface area contributed by atoms with E-state index in [-0.39, 0.29) is 0 Å². The molecule has 17 heavy (non-hydrogen) atoms. The van der Waals surface area contributed by atoms with Gasteiger partial charge in [-0.15, -0.1) is 0 Å². The average molecular weight is 238 g/mol. The molecule has 0 radical (unpaired) electrons. The van der Waals surface area contributed by atoms with E-state index in [1.807, 2.05) is 18.5 Å². The Kier molecular flexibility index (Phi) is 4.32. The number of nitrogens with zero attached hydrogens (tertiary/aromatic N) is 2. The Hall–Kier alpha value is -1.32. The number of rotatable bonds is 5. The molecule has 0 fully saturated rings. The van der Waals surface area contributed by atoms with E-state index in [0.29, 0.717) is 5.92 Å². The molecule has 0 aromatic carbocycles. The summed E-state index contributed by atoms with van der Waals surface area (Å²) in [6, 6.07) is 0. The molecule has 1 atom stereocenters. The third kappa shape index (κ3) is 3.08. The van der Waals surface area contributed by atoms with E-state index in [9.17, 15) is 4.79 Å². The molecule has 96 valence electrons. The van der Waals surface area contributed by atoms with Gasteiger partial charge in [0.2, 0.25) is 0 Å². The highest BCUT2D eigenvalue weighted by Gasteiger charge is 2.22. The lowest BCUT2D eigenvalue weighted by Crippen LogP contribution is -2.10. The van der Waals surface area contributed by atoms with Gasteiger partial charge in [-0.2, -0.15) is 5.10 Å². The van der Waals surface area contributed by atoms with E-state index < -0.39 is 11.9 Å². The molecule has 1 heterocycles. The lowest BCUT2D eigenvalue weighted by atomic mass is 9.99. The van der Waals surface area contributed by atoms with Gasteiger partial charge < -0.3 is 5.11 Å². The Bertz CT molecular complexity index is 408. The van der Waals surface area contributed by atoms with Crippen LogP contribution in [0.15, 0.2) is 0 Å². The summed E-state index contributed by atoms with van der Waals surface area (Å²) in [6.45, 7) is 10.8. The van der Waals surface area contributed by atoms with E-state index in [1.54, 1.807) is 6.92 Å². The Morgan fingerprint density at radius 3 is 2.41 bits per heavy atom. The number of aryl methyl sites for hydroxylation is 2. The van der Waals surface area contributed by atoms with Crippen molar-refractivity contribution in [2.24, 2.45) is 5.92 Å². The molecule has 0 amide bonds. The van der Waals surface area contributed by atoms with E-state index in [1.165, 1.54) is 0 Å². The summed E-state index contributed by atoms with van der Waals surface area (Å²) in [5.41, 5.74) is 2.68. The number of aromatic nitrogens is 2. The molecule has 1 aromatic heterocycles. The maximum absolute atomic E-state index is 11.0. The molecule has 4 nitrogen and oxygen atoms in total. The average Bonchev–Trinajstić information content (AvgIpc) is 2.50. The zero-order valence-electron chi connectivity index (χ0n) is 11.3. The third-order valence-electron chi connectivity index (χ3n) is 3.16. The molecule has 0 saturated heterocycles. The van der Waals surface area contributed by atoms with Crippen molar-refractivity contribution in [3.8, 4) is 0 Å². The summed E-state index contributed by atoms with van der Waals surface area (Å²) in [5.74, 6) is -0.651. The van der Waals surface area contributed by atoms with Crippen LogP contribution in [-0.4, -0.2) is 20.9 Å². The highest BCUT2D eigenvalue weighted by Crippen LogP contribution is 2.23. The number of carboxylic acid groups (broad SMARTS) is 1. The van der Waals surface area contributed by atoms with Gasteiger partial charge in [-0.3, -0.25) is 9.48 Å². The number of aliphatic carboxylic acids is 1. The lowest BCUT2D eigenvalue weighted by molar-refractivity contribution is -0.138. The Balaban J connectivity index is 2.97. The van der Waals surface area contributed by atoms with Crippen molar-refractivity contribution >= 4 is 5.97 Å². The van der Waals surface area contributed by atoms with Crippen LogP contribution in [0.1, 0.15) is 50.1 Å². The third-order valence-corrected chi connectivity index (χ3v) is 3.16. The molecule has 0 saturated carbocycles. The van der Waals surface area contributed by atoms with E-state index in [4.69, 9.17) is 5.11 Å². The van der Waals surface area contributed by atoms with E-state index in [0.717, 1.165) is 29.9 Å². The second-order valence-corrected chi connectivity index (χ2v) is 5.05. The van der Waals surface area contributed by atoms with Crippen LogP contribution in [0.2, 0.25) is 0 Å². The smallest absolute Gasteiger partial charge is 0.310 e. The monoisotopic (exact) mass is 238 g/mol. The first kappa shape index (κ1) is 13.7. The number of carboxylic acids is 1. The summed E-state index contributed by atoms with van der Waals surface area (Å²) < 4.78 is 1.93. The predicted molar refractivity (Wildman–Crippen MR) is 67.2 cm³/mol. The zero-order valence-corrected chi connectivity index (χ0v) is 11.3. The predicted octanol–water partition coefficient (Wildman–Crippen LogP) is 2.73. The molecule has 1 N–H and O–H groups in total. The van der Waals surface area contributed by atoms with Crippen molar-refractivity contribution < 1.29 is 9.90 Å². The van der Waals surface area contributed by atoms with Gasteiger partial charge in [0.15, 0.2) is 0 Å². The van der Waals surface area contributed by atoms with Gasteiger partial charge in [0.25, 0.3) is 0 Å². The number of carbonyl (C=O) groups is 1. The Morgan fingerprint density at radius 2 is 1.94 bits per heavy atom. The molecule has 4 heteroatoms. The Morgan fingerprint density at radius 1 is 1.35 bits per heavy atom. The maximum Gasteiger partial charge on any atom is 0.310 e. The first-order chi connectivity index (χ1) is 7.84. The molecular formula is C13H22N2O2. The molecule has 0 aliphatic heterocycles. The fourth-order valence-electron chi connectivity index (χ4n) is 2.06. The number of hydrogen-bond acceptors (Lipinski definition) is 2. The van der Waals surface area contributed by atoms with Crippen LogP contribution in [0.5, 0.6) is 0 Å². The van der Waals surface area contributed by atoms with Gasteiger partial charge in [0.05, 0.1) is 11.6 Å². The van der Waals surface area contributed by atoms with E-state index in [2.05, 4.69) is 18.9 Å². The van der Waals surface area contributed by atoms with Crippen LogP contribution >= 0.6 is 0 Å². The van der Waals surface area contributed by atoms with Crippen LogP contribution < -0.4 is 0 Å². The van der Waals surface area contributed by atoms with Gasteiger partial charge in [0.1, 0.15) is 0 Å². The summed E-state index contributed by atoms with van der Waals surface area (Å²) >= 11 is 0. The fraction of sp³-hybridized carbons (Fsp3) is 0.692. The van der Waals surface area contributed by atoms with Crippen molar-refractivity contribution in [1.29, 1.82) is 0 Å². The quantitative estimate of drug-likeness (QED) is 0.858. The van der Waals surface area contributed by atoms with Gasteiger partial charge in [-0.25, -0.2) is 0 Å². The van der Waals surface area contributed by atoms with Crippen molar-refractivity contribution in [3.63, 3.8) is 0 Å². The van der Waals surface area contributed by atoms with Crippen LogP contribution in [0.25, 0.3) is 0 Å². The second-order valence-electron chi connectivity index (χ2n) is 5.05. The summed E-state index contributed by atoms with van der Waals surface area (Å²) in [5, 5.41) is 13.5. The van der Waals surface area contributed by atoms with Gasteiger partial charge >= 0.3 is 5.97 Å². The minimum atomic E-state index is -0.792. The lowest BCUT2D eigenvalue weighted by Gasteiger charge is -2.09. The molecule has 0 aliphatic carbocycles. The summed E-state index contributed by atoms with van der Waals surface area (Å²) in [6.07, 6.45) is 1.06. The van der Waals surface area contributed by atoms with Gasteiger partial charge in [-0.1, -0.05) is 13.8 Å². The SMILES string of the molecule is Cc1nn(CCC(C)C)c(C)c1C(C)C(=O)O. The van der Waals surface area contributed by atoms with Gasteiger partial charge in [-0.05, 0) is 33.1 Å². The highest BCUT2D eigenvalue weighted by atomic mass is 16.4. The first-order valence-electron chi connectivity index (χ1n) is 6.11. The molecule has 0 spiro atoms.